The van der Waals surface area contributed by atoms with Crippen LogP contribution in [0.1, 0.15) is 31.9 Å². The number of amides is 1. The van der Waals surface area contributed by atoms with Crippen molar-refractivity contribution >= 4 is 5.91 Å². The van der Waals surface area contributed by atoms with Crippen molar-refractivity contribution in [2.75, 3.05) is 6.54 Å². The van der Waals surface area contributed by atoms with E-state index in [-0.39, 0.29) is 24.8 Å². The monoisotopic (exact) mass is 251 g/mol. The number of aliphatic hydroxyl groups excluding tert-OH is 2. The van der Waals surface area contributed by atoms with Gasteiger partial charge in [0.1, 0.15) is 0 Å². The van der Waals surface area contributed by atoms with Crippen LogP contribution in [0.15, 0.2) is 30.3 Å². The Balaban J connectivity index is 2.37. The van der Waals surface area contributed by atoms with Crippen LogP contribution < -0.4 is 5.32 Å². The van der Waals surface area contributed by atoms with E-state index in [9.17, 15) is 15.0 Å². The molecule has 1 aromatic carbocycles. The zero-order chi connectivity index (χ0) is 13.5. The molecule has 0 radical (unpaired) electrons. The zero-order valence-electron chi connectivity index (χ0n) is 10.8. The molecule has 2 atom stereocenters. The number of benzene rings is 1. The fraction of sp³-hybridized carbons (Fsp3) is 0.500. The summed E-state index contributed by atoms with van der Waals surface area (Å²) < 4.78 is 0. The van der Waals surface area contributed by atoms with Crippen LogP contribution in [-0.2, 0) is 4.79 Å². The topological polar surface area (TPSA) is 69.6 Å². The van der Waals surface area contributed by atoms with Crippen LogP contribution in [0.4, 0.5) is 0 Å². The van der Waals surface area contributed by atoms with Crippen molar-refractivity contribution in [1.29, 1.82) is 0 Å². The first-order valence-corrected chi connectivity index (χ1v) is 6.18. The Morgan fingerprint density at radius 2 is 1.83 bits per heavy atom. The third-order valence-electron chi connectivity index (χ3n) is 2.84. The van der Waals surface area contributed by atoms with E-state index in [1.807, 2.05) is 32.0 Å². The Morgan fingerprint density at radius 3 is 2.39 bits per heavy atom. The van der Waals surface area contributed by atoms with Crippen LogP contribution >= 0.6 is 0 Å². The minimum atomic E-state index is -0.803. The highest BCUT2D eigenvalue weighted by molar-refractivity contribution is 5.76. The van der Waals surface area contributed by atoms with Crippen LogP contribution in [0, 0.1) is 5.92 Å². The van der Waals surface area contributed by atoms with Crippen molar-refractivity contribution in [3.05, 3.63) is 35.9 Å². The van der Waals surface area contributed by atoms with Gasteiger partial charge in [-0.05, 0) is 11.5 Å². The van der Waals surface area contributed by atoms with Gasteiger partial charge in [0.05, 0.1) is 18.6 Å². The lowest BCUT2D eigenvalue weighted by atomic mass is 10.1. The summed E-state index contributed by atoms with van der Waals surface area (Å²) in [6, 6.07) is 9.05. The molecule has 0 aliphatic carbocycles. The van der Waals surface area contributed by atoms with Gasteiger partial charge in [-0.1, -0.05) is 44.2 Å². The molecule has 1 amide bonds. The minimum absolute atomic E-state index is 0.00876. The fourth-order valence-electron chi connectivity index (χ4n) is 1.49. The van der Waals surface area contributed by atoms with Gasteiger partial charge >= 0.3 is 0 Å². The number of hydrogen-bond acceptors (Lipinski definition) is 3. The van der Waals surface area contributed by atoms with E-state index in [4.69, 9.17) is 0 Å². The maximum atomic E-state index is 11.6. The van der Waals surface area contributed by atoms with Crippen molar-refractivity contribution in [3.8, 4) is 0 Å². The maximum absolute atomic E-state index is 11.6. The fourth-order valence-corrected chi connectivity index (χ4v) is 1.49. The van der Waals surface area contributed by atoms with Gasteiger partial charge in [-0.3, -0.25) is 4.79 Å². The highest BCUT2D eigenvalue weighted by atomic mass is 16.3. The van der Waals surface area contributed by atoms with Crippen molar-refractivity contribution in [2.45, 2.75) is 32.5 Å². The smallest absolute Gasteiger partial charge is 0.223 e. The molecule has 0 saturated carbocycles. The molecule has 0 aromatic heterocycles. The number of carbonyl (C=O) groups is 1. The summed E-state index contributed by atoms with van der Waals surface area (Å²) in [4.78, 5) is 11.6. The second-order valence-electron chi connectivity index (χ2n) is 4.75. The SMILES string of the molecule is CC(C)C(O)CNC(=O)CC(O)c1ccccc1. The summed E-state index contributed by atoms with van der Waals surface area (Å²) in [6.45, 7) is 3.99. The predicted octanol–water partition coefficient (Wildman–Crippen LogP) is 1.24. The number of rotatable bonds is 6. The van der Waals surface area contributed by atoms with E-state index in [1.54, 1.807) is 12.1 Å². The van der Waals surface area contributed by atoms with Gasteiger partial charge in [-0.25, -0.2) is 0 Å². The second kappa shape index (κ2) is 7.13. The molecule has 0 aliphatic heterocycles. The molecule has 0 heterocycles. The van der Waals surface area contributed by atoms with Crippen molar-refractivity contribution in [2.24, 2.45) is 5.92 Å². The summed E-state index contributed by atoms with van der Waals surface area (Å²) in [7, 11) is 0. The van der Waals surface area contributed by atoms with Crippen molar-refractivity contribution in [3.63, 3.8) is 0 Å². The van der Waals surface area contributed by atoms with Crippen molar-refractivity contribution < 1.29 is 15.0 Å². The third-order valence-corrected chi connectivity index (χ3v) is 2.84. The molecule has 0 spiro atoms. The highest BCUT2D eigenvalue weighted by Crippen LogP contribution is 2.15. The Labute approximate surface area is 108 Å². The first kappa shape index (κ1) is 14.7. The molecule has 18 heavy (non-hydrogen) atoms. The molecular formula is C14H21NO3. The Morgan fingerprint density at radius 1 is 1.22 bits per heavy atom. The first-order chi connectivity index (χ1) is 8.50. The number of aliphatic hydroxyl groups is 2. The molecule has 0 aliphatic rings. The number of hydrogen-bond donors (Lipinski definition) is 3. The average molecular weight is 251 g/mol. The molecule has 4 heteroatoms. The molecule has 2 unspecified atom stereocenters. The number of carbonyl (C=O) groups excluding carboxylic acids is 1. The van der Waals surface area contributed by atoms with Crippen LogP contribution in [0.25, 0.3) is 0 Å². The van der Waals surface area contributed by atoms with Gasteiger partial charge in [0.2, 0.25) is 5.91 Å². The van der Waals surface area contributed by atoms with Gasteiger partial charge in [-0.15, -0.1) is 0 Å². The quantitative estimate of drug-likeness (QED) is 0.712. The lowest BCUT2D eigenvalue weighted by molar-refractivity contribution is -0.123. The lowest BCUT2D eigenvalue weighted by Gasteiger charge is -2.16. The summed E-state index contributed by atoms with van der Waals surface area (Å²) >= 11 is 0. The van der Waals surface area contributed by atoms with E-state index < -0.39 is 12.2 Å². The minimum Gasteiger partial charge on any atom is -0.391 e. The van der Waals surface area contributed by atoms with Gasteiger partial charge in [0, 0.05) is 6.54 Å². The molecule has 100 valence electrons. The maximum Gasteiger partial charge on any atom is 0.223 e. The molecule has 1 aromatic rings. The summed E-state index contributed by atoms with van der Waals surface area (Å²) in [6.07, 6.45) is -1.35. The molecular weight excluding hydrogens is 230 g/mol. The van der Waals surface area contributed by atoms with Crippen LogP contribution in [-0.4, -0.2) is 28.8 Å². The zero-order valence-corrected chi connectivity index (χ0v) is 10.8. The third kappa shape index (κ3) is 4.85. The first-order valence-electron chi connectivity index (χ1n) is 6.18. The predicted molar refractivity (Wildman–Crippen MR) is 69.9 cm³/mol. The average Bonchev–Trinajstić information content (AvgIpc) is 2.36. The van der Waals surface area contributed by atoms with E-state index >= 15 is 0 Å². The van der Waals surface area contributed by atoms with Gasteiger partial charge in [0.15, 0.2) is 0 Å². The molecule has 0 saturated heterocycles. The van der Waals surface area contributed by atoms with Crippen LogP contribution in [0.3, 0.4) is 0 Å². The largest absolute Gasteiger partial charge is 0.391 e. The lowest BCUT2D eigenvalue weighted by Crippen LogP contribution is -2.35. The van der Waals surface area contributed by atoms with Crippen LogP contribution in [0.2, 0.25) is 0 Å². The molecule has 3 N–H and O–H groups in total. The Bertz CT molecular complexity index is 365. The van der Waals surface area contributed by atoms with Crippen molar-refractivity contribution in [1.82, 2.24) is 5.32 Å². The normalized spacial score (nSPS) is 14.3. The molecule has 4 nitrogen and oxygen atoms in total. The van der Waals surface area contributed by atoms with E-state index in [2.05, 4.69) is 5.32 Å². The standard InChI is InChI=1S/C14H21NO3/c1-10(2)13(17)9-15-14(18)8-12(16)11-6-4-3-5-7-11/h3-7,10,12-13,16-17H,8-9H2,1-2H3,(H,15,18). The highest BCUT2D eigenvalue weighted by Gasteiger charge is 2.14. The van der Waals surface area contributed by atoms with Gasteiger partial charge in [-0.2, -0.15) is 0 Å². The number of nitrogens with one attached hydrogen (secondary N) is 1. The molecule has 1 rings (SSSR count). The van der Waals surface area contributed by atoms with Crippen LogP contribution in [0.5, 0.6) is 0 Å². The van der Waals surface area contributed by atoms with E-state index in [0.29, 0.717) is 0 Å². The van der Waals surface area contributed by atoms with E-state index in [1.165, 1.54) is 0 Å². The van der Waals surface area contributed by atoms with Gasteiger partial charge in [0.25, 0.3) is 0 Å². The Hall–Kier alpha value is -1.39. The second-order valence-corrected chi connectivity index (χ2v) is 4.75. The summed E-state index contributed by atoms with van der Waals surface area (Å²) in [5, 5.41) is 22.0. The van der Waals surface area contributed by atoms with E-state index in [0.717, 1.165) is 5.56 Å². The molecule has 0 fully saturated rings. The van der Waals surface area contributed by atoms with Gasteiger partial charge < -0.3 is 15.5 Å². The summed E-state index contributed by atoms with van der Waals surface area (Å²) in [5.41, 5.74) is 0.719. The summed E-state index contributed by atoms with van der Waals surface area (Å²) in [5.74, 6) is -0.157. The molecule has 0 bridgehead atoms. The Kier molecular flexibility index (Phi) is 5.82.